The molecule has 1 aromatic rings. The van der Waals surface area contributed by atoms with Crippen molar-refractivity contribution in [2.45, 2.75) is 51.6 Å². The normalized spacial score (nSPS) is 22.1. The summed E-state index contributed by atoms with van der Waals surface area (Å²) in [5.74, 6) is 1.26. The Labute approximate surface area is 118 Å². The molecule has 0 bridgehead atoms. The standard InChI is InChI=1S/C15H20N2O3/c1-9-8-12(10(2)20-9)15(19)17-7-3-4-13(17)14(18)16-11-5-6-11/h8,11,13H,3-7H2,1-2H3,(H,16,18)/t13-/m0/s1. The van der Waals surface area contributed by atoms with Gasteiger partial charge in [0.2, 0.25) is 5.91 Å². The number of nitrogens with one attached hydrogen (secondary N) is 1. The van der Waals surface area contributed by atoms with Crippen LogP contribution < -0.4 is 5.32 Å². The van der Waals surface area contributed by atoms with E-state index < -0.39 is 0 Å². The van der Waals surface area contributed by atoms with Crippen LogP contribution in [0.2, 0.25) is 0 Å². The van der Waals surface area contributed by atoms with Gasteiger partial charge in [0.25, 0.3) is 5.91 Å². The summed E-state index contributed by atoms with van der Waals surface area (Å²) >= 11 is 0. The number of amides is 2. The van der Waals surface area contributed by atoms with Crippen molar-refractivity contribution < 1.29 is 14.0 Å². The number of aryl methyl sites for hydroxylation is 2. The van der Waals surface area contributed by atoms with E-state index in [1.54, 1.807) is 17.9 Å². The van der Waals surface area contributed by atoms with Gasteiger partial charge in [0.1, 0.15) is 17.6 Å². The molecule has 0 aromatic carbocycles. The van der Waals surface area contributed by atoms with Crippen molar-refractivity contribution in [2.75, 3.05) is 6.54 Å². The van der Waals surface area contributed by atoms with Crippen molar-refractivity contribution in [3.63, 3.8) is 0 Å². The maximum absolute atomic E-state index is 12.6. The van der Waals surface area contributed by atoms with E-state index >= 15 is 0 Å². The second-order valence-electron chi connectivity index (χ2n) is 5.77. The third-order valence-corrected chi connectivity index (χ3v) is 4.01. The van der Waals surface area contributed by atoms with E-state index in [9.17, 15) is 9.59 Å². The third-order valence-electron chi connectivity index (χ3n) is 4.01. The molecule has 2 aliphatic rings. The lowest BCUT2D eigenvalue weighted by atomic mass is 10.1. The molecule has 108 valence electrons. The van der Waals surface area contributed by atoms with Crippen LogP contribution in [-0.2, 0) is 4.79 Å². The molecule has 1 saturated carbocycles. The van der Waals surface area contributed by atoms with Gasteiger partial charge < -0.3 is 14.6 Å². The molecule has 3 rings (SSSR count). The van der Waals surface area contributed by atoms with E-state index in [2.05, 4.69) is 5.32 Å². The van der Waals surface area contributed by atoms with E-state index in [1.165, 1.54) is 0 Å². The van der Waals surface area contributed by atoms with E-state index in [4.69, 9.17) is 4.42 Å². The fraction of sp³-hybridized carbons (Fsp3) is 0.600. The number of hydrogen-bond donors (Lipinski definition) is 1. The van der Waals surface area contributed by atoms with Gasteiger partial charge in [-0.2, -0.15) is 0 Å². The highest BCUT2D eigenvalue weighted by atomic mass is 16.3. The van der Waals surface area contributed by atoms with Crippen LogP contribution in [-0.4, -0.2) is 35.3 Å². The second kappa shape index (κ2) is 4.96. The molecule has 1 aliphatic carbocycles. The van der Waals surface area contributed by atoms with Gasteiger partial charge in [-0.15, -0.1) is 0 Å². The zero-order valence-electron chi connectivity index (χ0n) is 11.9. The van der Waals surface area contributed by atoms with Gasteiger partial charge in [-0.25, -0.2) is 0 Å². The number of likely N-dealkylation sites (tertiary alicyclic amines) is 1. The van der Waals surface area contributed by atoms with E-state index in [0.717, 1.165) is 31.4 Å². The average molecular weight is 276 g/mol. The van der Waals surface area contributed by atoms with E-state index in [-0.39, 0.29) is 17.9 Å². The number of carbonyl (C=O) groups excluding carboxylic acids is 2. The van der Waals surface area contributed by atoms with E-state index in [1.807, 2.05) is 6.92 Å². The van der Waals surface area contributed by atoms with Crippen molar-refractivity contribution in [3.8, 4) is 0 Å². The fourth-order valence-electron chi connectivity index (χ4n) is 2.81. The van der Waals surface area contributed by atoms with Gasteiger partial charge in [0.05, 0.1) is 5.56 Å². The van der Waals surface area contributed by atoms with Gasteiger partial charge in [0, 0.05) is 12.6 Å². The largest absolute Gasteiger partial charge is 0.466 e. The first kappa shape index (κ1) is 13.2. The maximum atomic E-state index is 12.6. The average Bonchev–Trinajstić information content (AvgIpc) is 2.96. The van der Waals surface area contributed by atoms with Crippen molar-refractivity contribution in [2.24, 2.45) is 0 Å². The summed E-state index contributed by atoms with van der Waals surface area (Å²) in [6, 6.07) is 1.77. The molecular formula is C15H20N2O3. The molecule has 2 fully saturated rings. The first-order chi connectivity index (χ1) is 9.56. The quantitative estimate of drug-likeness (QED) is 0.915. The summed E-state index contributed by atoms with van der Waals surface area (Å²) in [4.78, 5) is 26.5. The lowest BCUT2D eigenvalue weighted by molar-refractivity contribution is -0.125. The Morgan fingerprint density at radius 1 is 1.30 bits per heavy atom. The molecule has 1 N–H and O–H groups in total. The number of nitrogens with zero attached hydrogens (tertiary/aromatic N) is 1. The van der Waals surface area contributed by atoms with Crippen LogP contribution >= 0.6 is 0 Å². The molecule has 5 nitrogen and oxygen atoms in total. The molecule has 1 saturated heterocycles. The van der Waals surface area contributed by atoms with Crippen LogP contribution in [0.3, 0.4) is 0 Å². The highest BCUT2D eigenvalue weighted by molar-refractivity contribution is 5.98. The summed E-state index contributed by atoms with van der Waals surface area (Å²) in [6.45, 7) is 4.26. The summed E-state index contributed by atoms with van der Waals surface area (Å²) in [7, 11) is 0. The summed E-state index contributed by atoms with van der Waals surface area (Å²) in [6.07, 6.45) is 3.75. The highest BCUT2D eigenvalue weighted by Crippen LogP contribution is 2.25. The Hall–Kier alpha value is -1.78. The Morgan fingerprint density at radius 3 is 2.65 bits per heavy atom. The van der Waals surface area contributed by atoms with Crippen molar-refractivity contribution in [3.05, 3.63) is 23.2 Å². The minimum Gasteiger partial charge on any atom is -0.466 e. The monoisotopic (exact) mass is 276 g/mol. The van der Waals surface area contributed by atoms with Gasteiger partial charge in [-0.05, 0) is 45.6 Å². The van der Waals surface area contributed by atoms with E-state index in [0.29, 0.717) is 23.9 Å². The molecule has 0 spiro atoms. The molecule has 1 aromatic heterocycles. The first-order valence-electron chi connectivity index (χ1n) is 7.24. The van der Waals surface area contributed by atoms with Crippen LogP contribution in [0.15, 0.2) is 10.5 Å². The number of hydrogen-bond acceptors (Lipinski definition) is 3. The lowest BCUT2D eigenvalue weighted by Gasteiger charge is -2.23. The van der Waals surface area contributed by atoms with Crippen molar-refractivity contribution in [1.82, 2.24) is 10.2 Å². The van der Waals surface area contributed by atoms with Gasteiger partial charge in [0.15, 0.2) is 0 Å². The molecule has 5 heteroatoms. The Morgan fingerprint density at radius 2 is 2.05 bits per heavy atom. The molecule has 0 radical (unpaired) electrons. The third kappa shape index (κ3) is 2.44. The first-order valence-corrected chi connectivity index (χ1v) is 7.24. The van der Waals surface area contributed by atoms with Crippen molar-refractivity contribution >= 4 is 11.8 Å². The Balaban J connectivity index is 1.75. The summed E-state index contributed by atoms with van der Waals surface area (Å²) in [5.41, 5.74) is 0.577. The molecule has 2 heterocycles. The lowest BCUT2D eigenvalue weighted by Crippen LogP contribution is -2.46. The predicted molar refractivity (Wildman–Crippen MR) is 73.4 cm³/mol. The molecule has 20 heavy (non-hydrogen) atoms. The molecule has 0 unspecified atom stereocenters. The molecular weight excluding hydrogens is 256 g/mol. The van der Waals surface area contributed by atoms with Gasteiger partial charge >= 0.3 is 0 Å². The summed E-state index contributed by atoms with van der Waals surface area (Å²) in [5, 5.41) is 3.00. The number of rotatable bonds is 3. The van der Waals surface area contributed by atoms with Gasteiger partial charge in [-0.3, -0.25) is 9.59 Å². The van der Waals surface area contributed by atoms with Crippen molar-refractivity contribution in [1.29, 1.82) is 0 Å². The minimum absolute atomic E-state index is 0.00350. The van der Waals surface area contributed by atoms with Crippen LogP contribution in [0.4, 0.5) is 0 Å². The second-order valence-corrected chi connectivity index (χ2v) is 5.77. The molecule has 1 aliphatic heterocycles. The SMILES string of the molecule is Cc1cc(C(=O)N2CCC[C@H]2C(=O)NC2CC2)c(C)o1. The Kier molecular flexibility index (Phi) is 3.28. The Bertz CT molecular complexity index is 545. The van der Waals surface area contributed by atoms with Crippen LogP contribution in [0.25, 0.3) is 0 Å². The van der Waals surface area contributed by atoms with Crippen LogP contribution in [0, 0.1) is 13.8 Å². The zero-order chi connectivity index (χ0) is 14.3. The van der Waals surface area contributed by atoms with Crippen LogP contribution in [0.1, 0.15) is 47.6 Å². The van der Waals surface area contributed by atoms with Gasteiger partial charge in [-0.1, -0.05) is 0 Å². The minimum atomic E-state index is -0.322. The maximum Gasteiger partial charge on any atom is 0.258 e. The number of carbonyl (C=O) groups is 2. The van der Waals surface area contributed by atoms with Crippen LogP contribution in [0.5, 0.6) is 0 Å². The fourth-order valence-corrected chi connectivity index (χ4v) is 2.81. The number of furan rings is 1. The predicted octanol–water partition coefficient (Wildman–Crippen LogP) is 1.78. The highest BCUT2D eigenvalue weighted by Gasteiger charge is 2.37. The summed E-state index contributed by atoms with van der Waals surface area (Å²) < 4.78 is 5.42. The topological polar surface area (TPSA) is 62.6 Å². The smallest absolute Gasteiger partial charge is 0.258 e. The zero-order valence-corrected chi connectivity index (χ0v) is 11.9. The molecule has 1 atom stereocenters. The molecule has 2 amide bonds.